The fourth-order valence-electron chi connectivity index (χ4n) is 4.86. The summed E-state index contributed by atoms with van der Waals surface area (Å²) >= 11 is 0. The van der Waals surface area contributed by atoms with Crippen LogP contribution in [-0.4, -0.2) is 10.2 Å². The maximum atomic E-state index is 9.65. The van der Waals surface area contributed by atoms with Crippen LogP contribution in [0.3, 0.4) is 0 Å². The molecule has 0 atom stereocenters. The van der Waals surface area contributed by atoms with Crippen LogP contribution in [0.2, 0.25) is 0 Å². The highest BCUT2D eigenvalue weighted by atomic mass is 16.5. The van der Waals surface area contributed by atoms with Crippen LogP contribution in [0.25, 0.3) is 32.7 Å². The van der Waals surface area contributed by atoms with E-state index in [0.717, 1.165) is 43.8 Å². The van der Waals surface area contributed by atoms with Gasteiger partial charge in [-0.05, 0) is 69.1 Å². The molecule has 0 saturated heterocycles. The fourth-order valence-corrected chi connectivity index (χ4v) is 4.86. The van der Waals surface area contributed by atoms with Crippen LogP contribution in [0.4, 0.5) is 0 Å². The van der Waals surface area contributed by atoms with Crippen LogP contribution >= 0.6 is 0 Å². The second kappa shape index (κ2) is 10.4. The molecule has 4 heteroatoms. The van der Waals surface area contributed by atoms with E-state index in [-0.39, 0.29) is 13.2 Å². The lowest BCUT2D eigenvalue weighted by Crippen LogP contribution is -1.96. The molecule has 6 aromatic rings. The van der Waals surface area contributed by atoms with Crippen LogP contribution in [-0.2, 0) is 13.2 Å². The third-order valence-electron chi connectivity index (χ3n) is 6.65. The van der Waals surface area contributed by atoms with Crippen molar-refractivity contribution in [1.82, 2.24) is 0 Å². The second-order valence-corrected chi connectivity index (χ2v) is 9.13. The molecule has 0 fully saturated rings. The molecule has 0 aromatic heterocycles. The van der Waals surface area contributed by atoms with Gasteiger partial charge in [0.15, 0.2) is 0 Å². The maximum Gasteiger partial charge on any atom is 0.136 e. The molecule has 0 heterocycles. The molecule has 0 aliphatic rings. The van der Waals surface area contributed by atoms with Gasteiger partial charge >= 0.3 is 0 Å². The van der Waals surface area contributed by atoms with Gasteiger partial charge in [0.1, 0.15) is 23.0 Å². The Morgan fingerprint density at radius 2 is 0.895 bits per heavy atom. The Morgan fingerprint density at radius 3 is 1.34 bits per heavy atom. The molecule has 4 nitrogen and oxygen atoms in total. The van der Waals surface area contributed by atoms with Gasteiger partial charge in [0.05, 0.1) is 13.2 Å². The minimum Gasteiger partial charge on any atom is -0.457 e. The van der Waals surface area contributed by atoms with Gasteiger partial charge in [-0.3, -0.25) is 0 Å². The van der Waals surface area contributed by atoms with Gasteiger partial charge in [0, 0.05) is 11.1 Å². The van der Waals surface area contributed by atoms with Crippen molar-refractivity contribution in [2.24, 2.45) is 0 Å². The highest BCUT2D eigenvalue weighted by Crippen LogP contribution is 2.47. The van der Waals surface area contributed by atoms with Crippen molar-refractivity contribution in [2.45, 2.75) is 13.2 Å². The zero-order valence-electron chi connectivity index (χ0n) is 20.7. The number of aliphatic hydroxyl groups excluding tert-OH is 2. The predicted molar refractivity (Wildman–Crippen MR) is 152 cm³/mol. The van der Waals surface area contributed by atoms with E-state index in [1.165, 1.54) is 0 Å². The Labute approximate surface area is 221 Å². The fraction of sp³-hybridized carbons (Fsp3) is 0.0588. The van der Waals surface area contributed by atoms with E-state index in [0.29, 0.717) is 23.0 Å². The summed E-state index contributed by atoms with van der Waals surface area (Å²) in [5, 5.41) is 23.5. The monoisotopic (exact) mass is 498 g/mol. The summed E-state index contributed by atoms with van der Waals surface area (Å²) in [4.78, 5) is 0. The van der Waals surface area contributed by atoms with Crippen molar-refractivity contribution in [3.8, 4) is 34.1 Å². The maximum absolute atomic E-state index is 9.65. The molecule has 0 aliphatic carbocycles. The Hall–Kier alpha value is -4.64. The second-order valence-electron chi connectivity index (χ2n) is 9.13. The van der Waals surface area contributed by atoms with Crippen molar-refractivity contribution in [3.05, 3.63) is 132 Å². The summed E-state index contributed by atoms with van der Waals surface area (Å²) in [7, 11) is 0. The van der Waals surface area contributed by atoms with Crippen molar-refractivity contribution < 1.29 is 19.7 Å². The van der Waals surface area contributed by atoms with Crippen molar-refractivity contribution in [2.75, 3.05) is 0 Å². The molecule has 0 aliphatic heterocycles. The molecule has 0 radical (unpaired) electrons. The van der Waals surface area contributed by atoms with Crippen LogP contribution < -0.4 is 9.47 Å². The molecule has 0 unspecified atom stereocenters. The summed E-state index contributed by atoms with van der Waals surface area (Å²) in [6.07, 6.45) is 0. The first kappa shape index (κ1) is 23.7. The molecular weight excluding hydrogens is 472 g/mol. The van der Waals surface area contributed by atoms with E-state index in [1.54, 1.807) is 0 Å². The molecule has 6 rings (SSSR count). The lowest BCUT2D eigenvalue weighted by molar-refractivity contribution is 0.281. The van der Waals surface area contributed by atoms with Gasteiger partial charge in [0.2, 0.25) is 0 Å². The number of rotatable bonds is 7. The Morgan fingerprint density at radius 1 is 0.447 bits per heavy atom. The minimum atomic E-state index is -0.0595. The van der Waals surface area contributed by atoms with Crippen LogP contribution in [0, 0.1) is 0 Å². The van der Waals surface area contributed by atoms with Gasteiger partial charge in [0.25, 0.3) is 0 Å². The summed E-state index contributed by atoms with van der Waals surface area (Å²) in [5.74, 6) is 2.66. The first-order valence-electron chi connectivity index (χ1n) is 12.5. The smallest absolute Gasteiger partial charge is 0.136 e. The van der Waals surface area contributed by atoms with Gasteiger partial charge < -0.3 is 19.7 Å². The molecule has 2 N–H and O–H groups in total. The third-order valence-corrected chi connectivity index (χ3v) is 6.65. The van der Waals surface area contributed by atoms with E-state index in [2.05, 4.69) is 36.4 Å². The van der Waals surface area contributed by atoms with Crippen LogP contribution in [0.5, 0.6) is 23.0 Å². The van der Waals surface area contributed by atoms with E-state index in [4.69, 9.17) is 9.47 Å². The highest BCUT2D eigenvalue weighted by Gasteiger charge is 2.20. The molecule has 0 saturated carbocycles. The molecule has 6 aromatic carbocycles. The number of hydrogen-bond acceptors (Lipinski definition) is 4. The molecule has 0 bridgehead atoms. The SMILES string of the molecule is OCc1cccc(Oc2ccc3ccccc3c2-c2c(Oc3cccc(CO)c3)ccc3ccccc23)c1. The average Bonchev–Trinajstić information content (AvgIpc) is 2.97. The number of benzene rings is 6. The molecule has 0 spiro atoms. The van der Waals surface area contributed by atoms with Crippen molar-refractivity contribution in [3.63, 3.8) is 0 Å². The van der Waals surface area contributed by atoms with Gasteiger partial charge in [-0.1, -0.05) is 84.9 Å². The minimum absolute atomic E-state index is 0.0595. The Bertz CT molecular complexity index is 1620. The van der Waals surface area contributed by atoms with Gasteiger partial charge in [-0.15, -0.1) is 0 Å². The van der Waals surface area contributed by atoms with Gasteiger partial charge in [-0.25, -0.2) is 0 Å². The van der Waals surface area contributed by atoms with E-state index >= 15 is 0 Å². The summed E-state index contributed by atoms with van der Waals surface area (Å²) in [6.45, 7) is -0.119. The van der Waals surface area contributed by atoms with E-state index in [1.807, 2.05) is 84.9 Å². The first-order valence-corrected chi connectivity index (χ1v) is 12.5. The Balaban J connectivity index is 1.61. The lowest BCUT2D eigenvalue weighted by Gasteiger charge is -2.20. The summed E-state index contributed by atoms with van der Waals surface area (Å²) in [5.41, 5.74) is 3.40. The molecular formula is C34H26O4. The first-order chi connectivity index (χ1) is 18.7. The zero-order chi connectivity index (χ0) is 25.9. The zero-order valence-corrected chi connectivity index (χ0v) is 20.7. The molecule has 186 valence electrons. The molecule has 0 amide bonds. The standard InChI is InChI=1S/C34H26O4/c35-21-23-7-5-11-27(19-23)37-31-17-15-25-9-1-3-13-29(25)33(31)34-30-14-4-2-10-26(30)16-18-32(34)38-28-12-6-8-24(20-28)22-36/h1-20,35-36H,21-22H2. The van der Waals surface area contributed by atoms with E-state index in [9.17, 15) is 10.2 Å². The van der Waals surface area contributed by atoms with Gasteiger partial charge in [-0.2, -0.15) is 0 Å². The number of aliphatic hydroxyl groups is 2. The number of fused-ring (bicyclic) bond motifs is 2. The lowest BCUT2D eigenvalue weighted by atomic mass is 9.92. The Kier molecular flexibility index (Phi) is 6.49. The van der Waals surface area contributed by atoms with Crippen LogP contribution in [0.15, 0.2) is 121 Å². The molecule has 38 heavy (non-hydrogen) atoms. The van der Waals surface area contributed by atoms with Crippen molar-refractivity contribution >= 4 is 21.5 Å². The van der Waals surface area contributed by atoms with Crippen molar-refractivity contribution in [1.29, 1.82) is 0 Å². The topological polar surface area (TPSA) is 58.9 Å². The van der Waals surface area contributed by atoms with E-state index < -0.39 is 0 Å². The average molecular weight is 499 g/mol. The summed E-state index contributed by atoms with van der Waals surface area (Å²) in [6, 6.07) is 39.5. The van der Waals surface area contributed by atoms with Crippen LogP contribution in [0.1, 0.15) is 11.1 Å². The number of ether oxygens (including phenoxy) is 2. The quantitative estimate of drug-likeness (QED) is 0.233. The summed E-state index contributed by atoms with van der Waals surface area (Å²) < 4.78 is 13.0. The normalized spacial score (nSPS) is 11.1. The largest absolute Gasteiger partial charge is 0.457 e. The third kappa shape index (κ3) is 4.59. The number of hydrogen-bond donors (Lipinski definition) is 2. The predicted octanol–water partition coefficient (Wildman–Crippen LogP) is 8.23. The highest BCUT2D eigenvalue weighted by molar-refractivity contribution is 6.09.